The van der Waals surface area contributed by atoms with Gasteiger partial charge in [-0.25, -0.2) is 0 Å². The summed E-state index contributed by atoms with van der Waals surface area (Å²) in [5, 5.41) is 12.5. The Kier molecular flexibility index (Phi) is 5.22. The highest BCUT2D eigenvalue weighted by Crippen LogP contribution is 2.37. The maximum Gasteiger partial charge on any atom is 0.227 e. The highest BCUT2D eigenvalue weighted by Gasteiger charge is 2.40. The topological polar surface area (TPSA) is 75.4 Å². The molecule has 4 nitrogen and oxygen atoms in total. The van der Waals surface area contributed by atoms with Crippen LogP contribution in [0.3, 0.4) is 0 Å². The van der Waals surface area contributed by atoms with Gasteiger partial charge in [0, 0.05) is 19.7 Å². The van der Waals surface area contributed by atoms with Crippen LogP contribution in [0.15, 0.2) is 0 Å². The van der Waals surface area contributed by atoms with E-state index in [1.165, 1.54) is 12.8 Å². The predicted octanol–water partition coefficient (Wildman–Crippen LogP) is 1.42. The summed E-state index contributed by atoms with van der Waals surface area (Å²) in [6, 6.07) is 0. The van der Waals surface area contributed by atoms with Crippen molar-refractivity contribution in [2.45, 2.75) is 51.4 Å². The van der Waals surface area contributed by atoms with Gasteiger partial charge in [0.25, 0.3) is 0 Å². The van der Waals surface area contributed by atoms with Gasteiger partial charge in [-0.1, -0.05) is 25.7 Å². The molecule has 0 aromatic carbocycles. The number of carbonyl (C=O) groups is 1. The van der Waals surface area contributed by atoms with Gasteiger partial charge in [-0.15, -0.1) is 0 Å². The first-order chi connectivity index (χ1) is 9.22. The lowest BCUT2D eigenvalue weighted by Gasteiger charge is -2.32. The Morgan fingerprint density at radius 3 is 2.37 bits per heavy atom. The van der Waals surface area contributed by atoms with Gasteiger partial charge in [0.2, 0.25) is 5.91 Å². The zero-order chi connectivity index (χ0) is 13.7. The summed E-state index contributed by atoms with van der Waals surface area (Å²) in [6.45, 7) is 1.43. The monoisotopic (exact) mass is 268 g/mol. The van der Waals surface area contributed by atoms with E-state index in [0.717, 1.165) is 38.5 Å². The van der Waals surface area contributed by atoms with E-state index >= 15 is 0 Å². The summed E-state index contributed by atoms with van der Waals surface area (Å²) in [6.07, 6.45) is 8.76. The average molecular weight is 268 g/mol. The molecule has 0 aromatic heterocycles. The molecule has 2 aliphatic rings. The van der Waals surface area contributed by atoms with Crippen LogP contribution in [0.4, 0.5) is 0 Å². The second-order valence-electron chi connectivity index (χ2n) is 6.39. The van der Waals surface area contributed by atoms with Gasteiger partial charge in [0.05, 0.1) is 5.41 Å². The number of rotatable bonds is 5. The standard InChI is InChI=1S/C15H28N2O2/c16-11-15(7-3-4-8-15)14(19)17-9-12-5-1-2-6-13(12)10-18/h12-13,18H,1-11,16H2,(H,17,19). The van der Waals surface area contributed by atoms with E-state index in [-0.39, 0.29) is 17.9 Å². The summed E-state index contributed by atoms with van der Waals surface area (Å²) in [5.41, 5.74) is 5.53. The smallest absolute Gasteiger partial charge is 0.227 e. The molecule has 2 fully saturated rings. The Labute approximate surface area is 116 Å². The van der Waals surface area contributed by atoms with E-state index in [2.05, 4.69) is 5.32 Å². The summed E-state index contributed by atoms with van der Waals surface area (Å²) in [5.74, 6) is 0.958. The Morgan fingerprint density at radius 1 is 1.16 bits per heavy atom. The molecular formula is C15H28N2O2. The minimum absolute atomic E-state index is 0.148. The summed E-state index contributed by atoms with van der Waals surface area (Å²) < 4.78 is 0. The van der Waals surface area contributed by atoms with E-state index in [1.54, 1.807) is 0 Å². The lowest BCUT2D eigenvalue weighted by atomic mass is 9.79. The molecular weight excluding hydrogens is 240 g/mol. The highest BCUT2D eigenvalue weighted by molar-refractivity contribution is 5.83. The Balaban J connectivity index is 1.85. The molecule has 19 heavy (non-hydrogen) atoms. The zero-order valence-corrected chi connectivity index (χ0v) is 11.9. The van der Waals surface area contributed by atoms with Crippen molar-refractivity contribution in [1.29, 1.82) is 0 Å². The third kappa shape index (κ3) is 3.29. The van der Waals surface area contributed by atoms with E-state index in [0.29, 0.717) is 24.9 Å². The van der Waals surface area contributed by atoms with Crippen LogP contribution in [0, 0.1) is 17.3 Å². The van der Waals surface area contributed by atoms with Gasteiger partial charge in [0.1, 0.15) is 0 Å². The molecule has 4 N–H and O–H groups in total. The van der Waals surface area contributed by atoms with Gasteiger partial charge in [-0.05, 0) is 37.5 Å². The highest BCUT2D eigenvalue weighted by atomic mass is 16.3. The van der Waals surface area contributed by atoms with Crippen LogP contribution in [-0.4, -0.2) is 30.7 Å². The van der Waals surface area contributed by atoms with Gasteiger partial charge < -0.3 is 16.2 Å². The maximum atomic E-state index is 12.4. The molecule has 2 aliphatic carbocycles. The number of aliphatic hydroxyl groups is 1. The second-order valence-corrected chi connectivity index (χ2v) is 6.39. The van der Waals surface area contributed by atoms with Gasteiger partial charge in [-0.3, -0.25) is 4.79 Å². The molecule has 4 heteroatoms. The lowest BCUT2D eigenvalue weighted by Crippen LogP contribution is -2.46. The predicted molar refractivity (Wildman–Crippen MR) is 75.5 cm³/mol. The van der Waals surface area contributed by atoms with Crippen LogP contribution >= 0.6 is 0 Å². The van der Waals surface area contributed by atoms with Crippen molar-refractivity contribution >= 4 is 5.91 Å². The lowest BCUT2D eigenvalue weighted by molar-refractivity contribution is -0.130. The minimum atomic E-state index is -0.302. The number of nitrogens with two attached hydrogens (primary N) is 1. The molecule has 2 rings (SSSR count). The first kappa shape index (κ1) is 14.8. The summed E-state index contributed by atoms with van der Waals surface area (Å²) in [4.78, 5) is 12.4. The molecule has 0 spiro atoms. The third-order valence-electron chi connectivity index (χ3n) is 5.26. The second kappa shape index (κ2) is 6.71. The molecule has 0 bridgehead atoms. The molecule has 0 saturated heterocycles. The van der Waals surface area contributed by atoms with Gasteiger partial charge in [-0.2, -0.15) is 0 Å². The fourth-order valence-electron chi connectivity index (χ4n) is 3.78. The number of amides is 1. The van der Waals surface area contributed by atoms with Crippen LogP contribution in [0.25, 0.3) is 0 Å². The SMILES string of the molecule is NCC1(C(=O)NCC2CCCCC2CO)CCCC1. The number of aliphatic hydroxyl groups excluding tert-OH is 1. The normalized spacial score (nSPS) is 30.2. The van der Waals surface area contributed by atoms with Crippen molar-refractivity contribution in [2.75, 3.05) is 19.7 Å². The van der Waals surface area contributed by atoms with Gasteiger partial charge in [0.15, 0.2) is 0 Å². The van der Waals surface area contributed by atoms with Crippen LogP contribution in [0.5, 0.6) is 0 Å². The molecule has 0 radical (unpaired) electrons. The van der Waals surface area contributed by atoms with Crippen molar-refractivity contribution in [3.63, 3.8) is 0 Å². The first-order valence-corrected chi connectivity index (χ1v) is 7.81. The van der Waals surface area contributed by atoms with E-state index in [1.807, 2.05) is 0 Å². The maximum absolute atomic E-state index is 12.4. The number of carbonyl (C=O) groups excluding carboxylic acids is 1. The fourth-order valence-corrected chi connectivity index (χ4v) is 3.78. The van der Waals surface area contributed by atoms with E-state index in [9.17, 15) is 9.90 Å². The zero-order valence-electron chi connectivity index (χ0n) is 11.9. The molecule has 110 valence electrons. The first-order valence-electron chi connectivity index (χ1n) is 7.81. The summed E-state index contributed by atoms with van der Waals surface area (Å²) >= 11 is 0. The fraction of sp³-hybridized carbons (Fsp3) is 0.933. The quantitative estimate of drug-likeness (QED) is 0.706. The molecule has 0 heterocycles. The van der Waals surface area contributed by atoms with Crippen molar-refractivity contribution < 1.29 is 9.90 Å². The van der Waals surface area contributed by atoms with E-state index in [4.69, 9.17) is 5.73 Å². The third-order valence-corrected chi connectivity index (χ3v) is 5.26. The largest absolute Gasteiger partial charge is 0.396 e. The van der Waals surface area contributed by atoms with Gasteiger partial charge >= 0.3 is 0 Å². The molecule has 0 aromatic rings. The Hall–Kier alpha value is -0.610. The molecule has 2 unspecified atom stereocenters. The molecule has 0 aliphatic heterocycles. The van der Waals surface area contributed by atoms with Crippen LogP contribution in [-0.2, 0) is 4.79 Å². The summed E-state index contributed by atoms with van der Waals surface area (Å²) in [7, 11) is 0. The molecule has 2 saturated carbocycles. The van der Waals surface area contributed by atoms with Crippen molar-refractivity contribution in [2.24, 2.45) is 23.0 Å². The average Bonchev–Trinajstić information content (AvgIpc) is 2.95. The van der Waals surface area contributed by atoms with Crippen molar-refractivity contribution in [3.05, 3.63) is 0 Å². The van der Waals surface area contributed by atoms with Crippen LogP contribution in [0.2, 0.25) is 0 Å². The van der Waals surface area contributed by atoms with Crippen molar-refractivity contribution in [3.8, 4) is 0 Å². The van der Waals surface area contributed by atoms with Crippen LogP contribution < -0.4 is 11.1 Å². The minimum Gasteiger partial charge on any atom is -0.396 e. The Morgan fingerprint density at radius 2 is 1.79 bits per heavy atom. The number of hydrogen-bond acceptors (Lipinski definition) is 3. The molecule has 1 amide bonds. The number of hydrogen-bond donors (Lipinski definition) is 3. The number of nitrogens with one attached hydrogen (secondary N) is 1. The van der Waals surface area contributed by atoms with Crippen LogP contribution in [0.1, 0.15) is 51.4 Å². The molecule has 2 atom stereocenters. The van der Waals surface area contributed by atoms with E-state index < -0.39 is 0 Å². The Bertz CT molecular complexity index is 301. The van der Waals surface area contributed by atoms with Crippen molar-refractivity contribution in [1.82, 2.24) is 5.32 Å².